The maximum atomic E-state index is 15.0. The van der Waals surface area contributed by atoms with Crippen LogP contribution in [0.5, 0.6) is 11.5 Å². The van der Waals surface area contributed by atoms with E-state index >= 15 is 0 Å². The normalized spacial score (nSPS) is 19.0. The van der Waals surface area contributed by atoms with E-state index in [-0.39, 0.29) is 18.0 Å². The molecule has 0 spiro atoms. The molecule has 52 heavy (non-hydrogen) atoms. The van der Waals surface area contributed by atoms with E-state index in [2.05, 4.69) is 24.4 Å². The highest BCUT2D eigenvalue weighted by Crippen LogP contribution is 2.44. The number of ether oxygens (including phenoxy) is 3. The Balaban J connectivity index is 1.29. The number of aryl methyl sites for hydroxylation is 3. The zero-order chi connectivity index (χ0) is 37.4. The van der Waals surface area contributed by atoms with Crippen LogP contribution in [-0.4, -0.2) is 75.6 Å². The molecular formula is C40H45Cl4N3O5. The molecule has 0 radical (unpaired) electrons. The van der Waals surface area contributed by atoms with Gasteiger partial charge < -0.3 is 24.4 Å². The van der Waals surface area contributed by atoms with Crippen LogP contribution in [-0.2, 0) is 16.1 Å². The molecule has 3 aromatic rings. The Labute approximate surface area is 326 Å². The van der Waals surface area contributed by atoms with Crippen molar-refractivity contribution in [2.45, 2.75) is 87.9 Å². The number of hydrogen-bond acceptors (Lipinski definition) is 6. The molecule has 1 saturated heterocycles. The largest absolute Gasteiger partial charge is 0.490 e. The van der Waals surface area contributed by atoms with Crippen LogP contribution in [0.3, 0.4) is 0 Å². The number of amides is 2. The van der Waals surface area contributed by atoms with Crippen molar-refractivity contribution in [3.8, 4) is 11.5 Å². The maximum absolute atomic E-state index is 15.0. The monoisotopic (exact) mass is 787 g/mol. The lowest BCUT2D eigenvalue weighted by atomic mass is 9.82. The summed E-state index contributed by atoms with van der Waals surface area (Å²) in [5, 5.41) is 4.02. The molecule has 2 fully saturated rings. The first-order valence-corrected chi connectivity index (χ1v) is 19.2. The fourth-order valence-electron chi connectivity index (χ4n) is 6.75. The van der Waals surface area contributed by atoms with E-state index in [4.69, 9.17) is 60.6 Å². The van der Waals surface area contributed by atoms with Crippen molar-refractivity contribution in [3.05, 3.63) is 99.1 Å². The van der Waals surface area contributed by atoms with E-state index in [1.807, 2.05) is 67.3 Å². The Morgan fingerprint density at radius 1 is 0.904 bits per heavy atom. The van der Waals surface area contributed by atoms with Gasteiger partial charge in [-0.15, -0.1) is 0 Å². The Hall–Kier alpha value is -3.14. The summed E-state index contributed by atoms with van der Waals surface area (Å²) < 4.78 is 15.9. The van der Waals surface area contributed by atoms with Crippen molar-refractivity contribution in [2.24, 2.45) is 0 Å². The van der Waals surface area contributed by atoms with Crippen molar-refractivity contribution in [1.29, 1.82) is 0 Å². The molecule has 3 aromatic carbocycles. The summed E-state index contributed by atoms with van der Waals surface area (Å²) in [5.41, 5.74) is 5.37. The lowest BCUT2D eigenvalue weighted by molar-refractivity contribution is -0.129. The molecule has 2 aliphatic heterocycles. The molecule has 12 heteroatoms. The number of halogens is 4. The third-order valence-corrected chi connectivity index (χ3v) is 11.9. The molecule has 1 N–H and O–H groups in total. The summed E-state index contributed by atoms with van der Waals surface area (Å²) in [6.45, 7) is 11.2. The third kappa shape index (κ3) is 8.47. The molecule has 1 aliphatic carbocycles. The van der Waals surface area contributed by atoms with Gasteiger partial charge in [0.2, 0.25) is 3.79 Å². The minimum Gasteiger partial charge on any atom is -0.490 e. The summed E-state index contributed by atoms with van der Waals surface area (Å²) in [5.74, 6) is 1.21. The molecule has 3 aliphatic rings. The van der Waals surface area contributed by atoms with Crippen LogP contribution < -0.4 is 14.8 Å². The number of alkyl halides is 3. The molecule has 0 aromatic heterocycles. The van der Waals surface area contributed by atoms with Crippen molar-refractivity contribution in [1.82, 2.24) is 15.1 Å². The average Bonchev–Trinajstić information content (AvgIpc) is 3.93. The van der Waals surface area contributed by atoms with Gasteiger partial charge in [0, 0.05) is 31.2 Å². The van der Waals surface area contributed by atoms with Gasteiger partial charge in [0.05, 0.1) is 17.1 Å². The van der Waals surface area contributed by atoms with Crippen molar-refractivity contribution in [3.63, 3.8) is 0 Å². The van der Waals surface area contributed by atoms with E-state index < -0.39 is 21.5 Å². The number of benzene rings is 3. The summed E-state index contributed by atoms with van der Waals surface area (Å²) >= 11 is 25.0. The Morgan fingerprint density at radius 3 is 2.25 bits per heavy atom. The van der Waals surface area contributed by atoms with Crippen LogP contribution >= 0.6 is 46.4 Å². The SMILES string of the molecule is Cc1cc(Cl)c(OCCOc2ccc(C3=C(C(=O)N(Cc4ccccc4C)C4CC4)C4CNCC(C3)N4C(=O)OC(C)(C)C(Cl)(Cl)Cl)cc2)cc1C. The smallest absolute Gasteiger partial charge is 0.411 e. The van der Waals surface area contributed by atoms with Gasteiger partial charge in [0.15, 0.2) is 5.60 Å². The van der Waals surface area contributed by atoms with Crippen molar-refractivity contribution in [2.75, 3.05) is 26.3 Å². The predicted octanol–water partition coefficient (Wildman–Crippen LogP) is 9.00. The number of hydrogen-bond donors (Lipinski definition) is 1. The van der Waals surface area contributed by atoms with Crippen LogP contribution in [0.15, 0.2) is 66.2 Å². The first kappa shape index (κ1) is 38.6. The molecule has 2 heterocycles. The van der Waals surface area contributed by atoms with E-state index in [1.165, 1.54) is 0 Å². The maximum Gasteiger partial charge on any atom is 0.411 e. The second-order valence-corrected chi connectivity index (χ2v) is 17.1. The molecule has 8 nitrogen and oxygen atoms in total. The van der Waals surface area contributed by atoms with E-state index in [9.17, 15) is 9.59 Å². The zero-order valence-corrected chi connectivity index (χ0v) is 33.1. The lowest BCUT2D eigenvalue weighted by Gasteiger charge is -2.48. The molecule has 2 atom stereocenters. The van der Waals surface area contributed by atoms with Crippen LogP contribution in [0.1, 0.15) is 60.9 Å². The molecule has 2 unspecified atom stereocenters. The van der Waals surface area contributed by atoms with Crippen molar-refractivity contribution >= 4 is 64.0 Å². The van der Waals surface area contributed by atoms with Gasteiger partial charge in [0.1, 0.15) is 24.7 Å². The minimum atomic E-state index is -1.86. The number of carbonyl (C=O) groups is 2. The molecular weight excluding hydrogens is 744 g/mol. The molecule has 1 saturated carbocycles. The Kier molecular flexibility index (Phi) is 11.6. The first-order valence-electron chi connectivity index (χ1n) is 17.6. The van der Waals surface area contributed by atoms with Crippen molar-refractivity contribution < 1.29 is 23.8 Å². The standard InChI is InChI=1S/C40H45Cl4N3O5/c1-24-8-6-7-9-28(24)23-46(29-12-13-29)37(48)36-32(20-30-21-45-22-34(36)47(30)38(49)52-39(4,5)40(42,43)44)27-10-14-31(15-11-27)50-16-17-51-35-19-26(3)25(2)18-33(35)41/h6-11,14-15,18-19,29-30,34,45H,12-13,16-17,20-23H2,1-5H3. The summed E-state index contributed by atoms with van der Waals surface area (Å²) in [6.07, 6.45) is 1.67. The summed E-state index contributed by atoms with van der Waals surface area (Å²) in [7, 11) is 0. The van der Waals surface area contributed by atoms with Gasteiger partial charge in [0.25, 0.3) is 5.91 Å². The number of rotatable bonds is 11. The van der Waals surface area contributed by atoms with Gasteiger partial charge in [-0.25, -0.2) is 4.79 Å². The Morgan fingerprint density at radius 2 is 1.58 bits per heavy atom. The quantitative estimate of drug-likeness (QED) is 0.154. The molecule has 2 amide bonds. The number of piperazine rings is 1. The van der Waals surface area contributed by atoms with Gasteiger partial charge in [-0.1, -0.05) is 82.8 Å². The van der Waals surface area contributed by atoms with Gasteiger partial charge in [-0.2, -0.15) is 0 Å². The van der Waals surface area contributed by atoms with Gasteiger partial charge in [-0.05, 0) is 112 Å². The first-order chi connectivity index (χ1) is 24.6. The molecule has 2 bridgehead atoms. The zero-order valence-electron chi connectivity index (χ0n) is 30.1. The fraction of sp³-hybridized carbons (Fsp3) is 0.450. The number of carbonyl (C=O) groups excluding carboxylic acids is 2. The van der Waals surface area contributed by atoms with Crippen LogP contribution in [0.2, 0.25) is 5.02 Å². The topological polar surface area (TPSA) is 80.3 Å². The second-order valence-electron chi connectivity index (χ2n) is 14.4. The van der Waals surface area contributed by atoms with Crippen LogP contribution in [0, 0.1) is 20.8 Å². The highest BCUT2D eigenvalue weighted by molar-refractivity contribution is 6.68. The van der Waals surface area contributed by atoms with E-state index in [0.717, 1.165) is 46.2 Å². The Bertz CT molecular complexity index is 1840. The van der Waals surface area contributed by atoms with Crippen LogP contribution in [0.4, 0.5) is 4.79 Å². The summed E-state index contributed by atoms with van der Waals surface area (Å²) in [6, 6.07) is 18.9. The minimum absolute atomic E-state index is 0.0891. The average molecular weight is 790 g/mol. The van der Waals surface area contributed by atoms with Crippen LogP contribution in [0.25, 0.3) is 5.57 Å². The summed E-state index contributed by atoms with van der Waals surface area (Å²) in [4.78, 5) is 32.6. The predicted molar refractivity (Wildman–Crippen MR) is 208 cm³/mol. The second kappa shape index (κ2) is 15.7. The number of nitrogens with zero attached hydrogens (tertiary/aromatic N) is 2. The highest BCUT2D eigenvalue weighted by atomic mass is 35.6. The molecule has 6 rings (SSSR count). The van der Waals surface area contributed by atoms with Gasteiger partial charge >= 0.3 is 6.09 Å². The highest BCUT2D eigenvalue weighted by Gasteiger charge is 2.50. The number of nitrogens with one attached hydrogen (secondary N) is 1. The number of fused-ring (bicyclic) bond motifs is 2. The van der Waals surface area contributed by atoms with E-state index in [0.29, 0.717) is 61.4 Å². The molecule has 278 valence electrons. The third-order valence-electron chi connectivity index (χ3n) is 10.2. The van der Waals surface area contributed by atoms with Gasteiger partial charge in [-0.3, -0.25) is 9.69 Å². The van der Waals surface area contributed by atoms with E-state index in [1.54, 1.807) is 18.7 Å². The fourth-order valence-corrected chi connectivity index (χ4v) is 7.14. The lowest BCUT2D eigenvalue weighted by Crippen LogP contribution is -2.64.